The van der Waals surface area contributed by atoms with Crippen molar-refractivity contribution in [3.63, 3.8) is 0 Å². The Labute approximate surface area is 176 Å². The summed E-state index contributed by atoms with van der Waals surface area (Å²) in [6.07, 6.45) is 3.69. The van der Waals surface area contributed by atoms with Crippen molar-refractivity contribution in [2.75, 3.05) is 25.1 Å². The molecule has 9 heteroatoms. The Kier molecular flexibility index (Phi) is 9.76. The highest BCUT2D eigenvalue weighted by Gasteiger charge is 2.12. The van der Waals surface area contributed by atoms with Crippen LogP contribution in [0.2, 0.25) is 0 Å². The van der Waals surface area contributed by atoms with Gasteiger partial charge in [-0.05, 0) is 43.9 Å². The summed E-state index contributed by atoms with van der Waals surface area (Å²) in [5.74, 6) is 3.32. The van der Waals surface area contributed by atoms with Crippen LogP contribution in [-0.2, 0) is 13.6 Å². The number of aliphatic imine (C=N–C) groups is 1. The third kappa shape index (κ3) is 7.56. The third-order valence-electron chi connectivity index (χ3n) is 4.46. The maximum Gasteiger partial charge on any atom is 0.191 e. The summed E-state index contributed by atoms with van der Waals surface area (Å²) < 4.78 is 21.6. The van der Waals surface area contributed by atoms with Gasteiger partial charge in [0.2, 0.25) is 0 Å². The summed E-state index contributed by atoms with van der Waals surface area (Å²) in [6, 6.07) is 6.46. The van der Waals surface area contributed by atoms with Gasteiger partial charge in [0.15, 0.2) is 23.4 Å². The number of para-hydroxylation sites is 1. The van der Waals surface area contributed by atoms with Gasteiger partial charge in [0.1, 0.15) is 18.5 Å². The number of aromatic nitrogens is 3. The topological polar surface area (TPSA) is 76.4 Å². The lowest BCUT2D eigenvalue weighted by molar-refractivity contribution is 0.191. The fraction of sp³-hybridized carbons (Fsp3) is 0.550. The Morgan fingerprint density at radius 1 is 1.31 bits per heavy atom. The predicted molar refractivity (Wildman–Crippen MR) is 117 cm³/mol. The minimum Gasteiger partial charge on any atom is -0.486 e. The molecule has 0 saturated carbocycles. The molecule has 1 heterocycles. The number of guanidine groups is 1. The molecule has 2 aromatic rings. The van der Waals surface area contributed by atoms with E-state index in [0.717, 1.165) is 36.8 Å². The molecule has 1 unspecified atom stereocenters. The van der Waals surface area contributed by atoms with Crippen LogP contribution in [0.15, 0.2) is 29.3 Å². The predicted octanol–water partition coefficient (Wildman–Crippen LogP) is 2.91. The van der Waals surface area contributed by atoms with Crippen LogP contribution in [-0.4, -0.2) is 51.9 Å². The average molecular weight is 423 g/mol. The first-order valence-corrected chi connectivity index (χ1v) is 11.2. The molecule has 160 valence electrons. The van der Waals surface area contributed by atoms with Crippen LogP contribution in [0.4, 0.5) is 4.39 Å². The SMILES string of the molecule is CCC(CNC(=NCc1nnc(C)n1C)NCCCSC)Oc1ccccc1F. The minimum absolute atomic E-state index is 0.179. The molecule has 0 fully saturated rings. The Balaban J connectivity index is 1.98. The van der Waals surface area contributed by atoms with Gasteiger partial charge in [-0.3, -0.25) is 0 Å². The van der Waals surface area contributed by atoms with E-state index in [9.17, 15) is 4.39 Å². The highest BCUT2D eigenvalue weighted by atomic mass is 32.2. The largest absolute Gasteiger partial charge is 0.486 e. The van der Waals surface area contributed by atoms with Gasteiger partial charge >= 0.3 is 0 Å². The molecule has 0 spiro atoms. The molecule has 1 aromatic heterocycles. The van der Waals surface area contributed by atoms with Crippen molar-refractivity contribution in [3.05, 3.63) is 41.7 Å². The van der Waals surface area contributed by atoms with E-state index in [1.165, 1.54) is 6.07 Å². The van der Waals surface area contributed by atoms with E-state index in [4.69, 9.17) is 4.74 Å². The van der Waals surface area contributed by atoms with Gasteiger partial charge in [-0.25, -0.2) is 9.38 Å². The number of ether oxygens (including phenoxy) is 1. The lowest BCUT2D eigenvalue weighted by Crippen LogP contribution is -2.43. The molecule has 0 saturated heterocycles. The zero-order valence-electron chi connectivity index (χ0n) is 17.6. The lowest BCUT2D eigenvalue weighted by atomic mass is 10.2. The van der Waals surface area contributed by atoms with Crippen molar-refractivity contribution in [2.45, 2.75) is 39.3 Å². The molecular weight excluding hydrogens is 391 g/mol. The standard InChI is InChI=1S/C20H31FN6OS/c1-5-16(28-18-10-7-6-9-17(18)21)13-23-20(22-11-8-12-29-4)24-14-19-26-25-15(2)27(19)3/h6-7,9-10,16H,5,8,11-14H2,1-4H3,(H2,22,23,24). The normalized spacial score (nSPS) is 12.7. The Morgan fingerprint density at radius 3 is 2.76 bits per heavy atom. The molecule has 2 N–H and O–H groups in total. The monoisotopic (exact) mass is 422 g/mol. The van der Waals surface area contributed by atoms with Crippen molar-refractivity contribution in [1.82, 2.24) is 25.4 Å². The number of halogens is 1. The molecule has 0 amide bonds. The van der Waals surface area contributed by atoms with Crippen molar-refractivity contribution in [2.24, 2.45) is 12.0 Å². The molecular formula is C20H31FN6OS. The number of rotatable bonds is 11. The van der Waals surface area contributed by atoms with Crippen LogP contribution in [0.25, 0.3) is 0 Å². The molecule has 0 aliphatic rings. The second-order valence-electron chi connectivity index (χ2n) is 6.62. The van der Waals surface area contributed by atoms with Crippen molar-refractivity contribution < 1.29 is 9.13 Å². The molecule has 1 atom stereocenters. The van der Waals surface area contributed by atoms with Crippen LogP contribution < -0.4 is 15.4 Å². The Hall–Kier alpha value is -2.29. The molecule has 7 nitrogen and oxygen atoms in total. The van der Waals surface area contributed by atoms with Crippen LogP contribution in [0.1, 0.15) is 31.4 Å². The molecule has 0 aliphatic heterocycles. The van der Waals surface area contributed by atoms with Gasteiger partial charge in [0, 0.05) is 13.6 Å². The van der Waals surface area contributed by atoms with Crippen LogP contribution in [0.5, 0.6) is 5.75 Å². The quantitative estimate of drug-likeness (QED) is 0.329. The van der Waals surface area contributed by atoms with Gasteiger partial charge in [-0.1, -0.05) is 19.1 Å². The number of hydrogen-bond acceptors (Lipinski definition) is 5. The van der Waals surface area contributed by atoms with Crippen LogP contribution in [0, 0.1) is 12.7 Å². The maximum absolute atomic E-state index is 13.9. The second-order valence-corrected chi connectivity index (χ2v) is 7.61. The Morgan fingerprint density at radius 2 is 2.10 bits per heavy atom. The summed E-state index contributed by atoms with van der Waals surface area (Å²) in [4.78, 5) is 4.63. The van der Waals surface area contributed by atoms with Gasteiger partial charge in [-0.15, -0.1) is 10.2 Å². The first kappa shape index (κ1) is 23.0. The summed E-state index contributed by atoms with van der Waals surface area (Å²) in [6.45, 7) is 5.66. The number of hydrogen-bond donors (Lipinski definition) is 2. The van der Waals surface area contributed by atoms with E-state index < -0.39 is 0 Å². The number of thioether (sulfide) groups is 1. The summed E-state index contributed by atoms with van der Waals surface area (Å²) in [5.41, 5.74) is 0. The number of aryl methyl sites for hydroxylation is 1. The molecule has 29 heavy (non-hydrogen) atoms. The average Bonchev–Trinajstić information content (AvgIpc) is 3.05. The summed E-state index contributed by atoms with van der Waals surface area (Å²) in [7, 11) is 1.93. The van der Waals surface area contributed by atoms with Gasteiger partial charge in [-0.2, -0.15) is 11.8 Å². The van der Waals surface area contributed by atoms with Gasteiger partial charge < -0.3 is 19.9 Å². The van der Waals surface area contributed by atoms with E-state index in [1.54, 1.807) is 18.2 Å². The molecule has 0 bridgehead atoms. The van der Waals surface area contributed by atoms with Gasteiger partial charge in [0.05, 0.1) is 6.54 Å². The van der Waals surface area contributed by atoms with E-state index in [-0.39, 0.29) is 17.7 Å². The second kappa shape index (κ2) is 12.3. The molecule has 0 radical (unpaired) electrons. The molecule has 2 rings (SSSR count). The summed E-state index contributed by atoms with van der Waals surface area (Å²) in [5, 5.41) is 14.9. The third-order valence-corrected chi connectivity index (χ3v) is 5.16. The van der Waals surface area contributed by atoms with Crippen molar-refractivity contribution in [3.8, 4) is 5.75 Å². The first-order chi connectivity index (χ1) is 14.0. The lowest BCUT2D eigenvalue weighted by Gasteiger charge is -2.20. The maximum atomic E-state index is 13.9. The van der Waals surface area contributed by atoms with Crippen LogP contribution >= 0.6 is 11.8 Å². The number of nitrogens with zero attached hydrogens (tertiary/aromatic N) is 4. The van der Waals surface area contributed by atoms with E-state index >= 15 is 0 Å². The zero-order valence-corrected chi connectivity index (χ0v) is 18.4. The minimum atomic E-state index is -0.354. The van der Waals surface area contributed by atoms with E-state index in [1.807, 2.05) is 37.2 Å². The van der Waals surface area contributed by atoms with Crippen molar-refractivity contribution >= 4 is 17.7 Å². The molecule has 0 aliphatic carbocycles. The van der Waals surface area contributed by atoms with E-state index in [2.05, 4.69) is 32.1 Å². The van der Waals surface area contributed by atoms with Crippen molar-refractivity contribution in [1.29, 1.82) is 0 Å². The highest BCUT2D eigenvalue weighted by molar-refractivity contribution is 7.98. The zero-order chi connectivity index (χ0) is 21.1. The highest BCUT2D eigenvalue weighted by Crippen LogP contribution is 2.17. The first-order valence-electron chi connectivity index (χ1n) is 9.82. The van der Waals surface area contributed by atoms with E-state index in [0.29, 0.717) is 19.0 Å². The fourth-order valence-electron chi connectivity index (χ4n) is 2.54. The smallest absolute Gasteiger partial charge is 0.191 e. The van der Waals surface area contributed by atoms with Gasteiger partial charge in [0.25, 0.3) is 0 Å². The fourth-order valence-corrected chi connectivity index (χ4v) is 2.97. The number of benzene rings is 1. The van der Waals surface area contributed by atoms with Crippen LogP contribution in [0.3, 0.4) is 0 Å². The number of nitrogens with one attached hydrogen (secondary N) is 2. The Bertz CT molecular complexity index is 782. The molecule has 1 aromatic carbocycles. The summed E-state index contributed by atoms with van der Waals surface area (Å²) >= 11 is 1.82.